The van der Waals surface area contributed by atoms with Crippen LogP contribution in [0.25, 0.3) is 11.1 Å². The highest BCUT2D eigenvalue weighted by Gasteiger charge is 2.09. The van der Waals surface area contributed by atoms with Crippen molar-refractivity contribution in [1.82, 2.24) is 0 Å². The van der Waals surface area contributed by atoms with Crippen LogP contribution in [0.5, 0.6) is 0 Å². The zero-order valence-corrected chi connectivity index (χ0v) is 7.71. The molecule has 0 unspecified atom stereocenters. The maximum atomic E-state index is 10.6. The lowest BCUT2D eigenvalue weighted by Crippen LogP contribution is -1.92. The molecule has 15 heavy (non-hydrogen) atoms. The fourth-order valence-electron chi connectivity index (χ4n) is 1.34. The first kappa shape index (κ1) is 9.26. The van der Waals surface area contributed by atoms with Crippen LogP contribution in [0.2, 0.25) is 0 Å². The summed E-state index contributed by atoms with van der Waals surface area (Å²) < 4.78 is 4.90. The van der Waals surface area contributed by atoms with Gasteiger partial charge in [0.15, 0.2) is 0 Å². The second-order valence-corrected chi connectivity index (χ2v) is 3.08. The number of nitro groups is 1. The van der Waals surface area contributed by atoms with Gasteiger partial charge in [-0.2, -0.15) is 0 Å². The molecule has 0 aliphatic heterocycles. The maximum Gasteiger partial charge on any atom is 0.272 e. The Bertz CT molecular complexity index is 491. The first-order valence-electron chi connectivity index (χ1n) is 4.24. The zero-order chi connectivity index (χ0) is 10.8. The molecule has 0 radical (unpaired) electrons. The minimum atomic E-state index is -0.472. The first-order valence-corrected chi connectivity index (χ1v) is 4.24. The van der Waals surface area contributed by atoms with Crippen molar-refractivity contribution in [1.29, 1.82) is 0 Å². The number of benzene rings is 1. The van der Waals surface area contributed by atoms with Crippen LogP contribution >= 0.6 is 0 Å². The van der Waals surface area contributed by atoms with Crippen molar-refractivity contribution in [2.24, 2.45) is 0 Å². The summed E-state index contributed by atoms with van der Waals surface area (Å²) >= 11 is 0. The van der Waals surface area contributed by atoms with Crippen LogP contribution in [-0.4, -0.2) is 4.92 Å². The van der Waals surface area contributed by atoms with Gasteiger partial charge in [0.25, 0.3) is 5.69 Å². The standard InChI is InChI=1S/C10H8N2O3/c11-9-3-8(7-1-2-15-6-7)4-10(5-9)12(13)14/h1-6H,11H2. The third-order valence-electron chi connectivity index (χ3n) is 2.01. The van der Waals surface area contributed by atoms with Gasteiger partial charge in [0.1, 0.15) is 0 Å². The third-order valence-corrected chi connectivity index (χ3v) is 2.01. The van der Waals surface area contributed by atoms with Crippen molar-refractivity contribution >= 4 is 11.4 Å². The van der Waals surface area contributed by atoms with E-state index in [0.717, 1.165) is 5.56 Å². The van der Waals surface area contributed by atoms with Gasteiger partial charge in [-0.3, -0.25) is 10.1 Å². The lowest BCUT2D eigenvalue weighted by Gasteiger charge is -1.99. The van der Waals surface area contributed by atoms with E-state index in [-0.39, 0.29) is 5.69 Å². The van der Waals surface area contributed by atoms with E-state index in [2.05, 4.69) is 0 Å². The van der Waals surface area contributed by atoms with Crippen LogP contribution in [0.15, 0.2) is 41.2 Å². The number of nitrogens with zero attached hydrogens (tertiary/aromatic N) is 1. The zero-order valence-electron chi connectivity index (χ0n) is 7.71. The Labute approximate surface area is 85.3 Å². The predicted octanol–water partition coefficient (Wildman–Crippen LogP) is 2.44. The summed E-state index contributed by atoms with van der Waals surface area (Å²) in [7, 11) is 0. The average Bonchev–Trinajstić information content (AvgIpc) is 2.69. The summed E-state index contributed by atoms with van der Waals surface area (Å²) in [4.78, 5) is 10.1. The number of non-ortho nitro benzene ring substituents is 1. The van der Waals surface area contributed by atoms with Crippen LogP contribution in [0, 0.1) is 10.1 Å². The molecule has 5 nitrogen and oxygen atoms in total. The van der Waals surface area contributed by atoms with E-state index < -0.39 is 4.92 Å². The summed E-state index contributed by atoms with van der Waals surface area (Å²) in [5.74, 6) is 0. The largest absolute Gasteiger partial charge is 0.472 e. The topological polar surface area (TPSA) is 82.3 Å². The van der Waals surface area contributed by atoms with E-state index in [4.69, 9.17) is 10.2 Å². The minimum absolute atomic E-state index is 0.0220. The minimum Gasteiger partial charge on any atom is -0.472 e. The van der Waals surface area contributed by atoms with Gasteiger partial charge in [-0.05, 0) is 17.7 Å². The van der Waals surface area contributed by atoms with Gasteiger partial charge in [0.05, 0.1) is 17.4 Å². The quantitative estimate of drug-likeness (QED) is 0.462. The Morgan fingerprint density at radius 1 is 1.27 bits per heavy atom. The molecule has 2 N–H and O–H groups in total. The second kappa shape index (κ2) is 3.45. The highest BCUT2D eigenvalue weighted by molar-refractivity contribution is 5.70. The highest BCUT2D eigenvalue weighted by atomic mass is 16.6. The van der Waals surface area contributed by atoms with Crippen molar-refractivity contribution < 1.29 is 9.34 Å². The fourth-order valence-corrected chi connectivity index (χ4v) is 1.34. The van der Waals surface area contributed by atoms with Gasteiger partial charge in [-0.15, -0.1) is 0 Å². The predicted molar refractivity (Wildman–Crippen MR) is 55.2 cm³/mol. The van der Waals surface area contributed by atoms with E-state index in [9.17, 15) is 10.1 Å². The molecule has 0 bridgehead atoms. The lowest BCUT2D eigenvalue weighted by molar-refractivity contribution is -0.384. The van der Waals surface area contributed by atoms with Crippen LogP contribution in [0.3, 0.4) is 0 Å². The van der Waals surface area contributed by atoms with Gasteiger partial charge in [-0.25, -0.2) is 0 Å². The Hall–Kier alpha value is -2.30. The van der Waals surface area contributed by atoms with E-state index in [1.807, 2.05) is 0 Å². The number of nitro benzene ring substituents is 1. The van der Waals surface area contributed by atoms with Crippen molar-refractivity contribution in [2.45, 2.75) is 0 Å². The van der Waals surface area contributed by atoms with E-state index >= 15 is 0 Å². The first-order chi connectivity index (χ1) is 7.16. The molecule has 0 amide bonds. The monoisotopic (exact) mass is 204 g/mol. The van der Waals surface area contributed by atoms with Crippen molar-refractivity contribution in [3.8, 4) is 11.1 Å². The van der Waals surface area contributed by atoms with Crippen molar-refractivity contribution in [3.63, 3.8) is 0 Å². The number of hydrogen-bond donors (Lipinski definition) is 1. The van der Waals surface area contributed by atoms with Crippen LogP contribution in [0.4, 0.5) is 11.4 Å². The molecule has 0 fully saturated rings. The SMILES string of the molecule is Nc1cc(-c2ccoc2)cc([N+](=O)[O-])c1. The van der Waals surface area contributed by atoms with Crippen LogP contribution in [0.1, 0.15) is 0 Å². The Morgan fingerprint density at radius 2 is 2.07 bits per heavy atom. The number of hydrogen-bond acceptors (Lipinski definition) is 4. The molecule has 5 heteroatoms. The van der Waals surface area contributed by atoms with Gasteiger partial charge < -0.3 is 10.2 Å². The number of nitrogens with two attached hydrogens (primary N) is 1. The number of furan rings is 1. The van der Waals surface area contributed by atoms with Gasteiger partial charge in [0.2, 0.25) is 0 Å². The molecule has 1 heterocycles. The molecule has 0 saturated heterocycles. The third kappa shape index (κ3) is 1.80. The summed E-state index contributed by atoms with van der Waals surface area (Å²) in [6.07, 6.45) is 3.02. The van der Waals surface area contributed by atoms with Gasteiger partial charge >= 0.3 is 0 Å². The van der Waals surface area contributed by atoms with E-state index in [1.165, 1.54) is 24.7 Å². The van der Waals surface area contributed by atoms with Crippen molar-refractivity contribution in [3.05, 3.63) is 46.9 Å². The molecule has 0 spiro atoms. The molecule has 0 aliphatic rings. The molecular weight excluding hydrogens is 196 g/mol. The van der Waals surface area contributed by atoms with Gasteiger partial charge in [0, 0.05) is 23.4 Å². The number of rotatable bonds is 2. The summed E-state index contributed by atoms with van der Waals surface area (Å²) in [6, 6.07) is 6.17. The number of nitrogen functional groups attached to an aromatic ring is 1. The van der Waals surface area contributed by atoms with Crippen LogP contribution < -0.4 is 5.73 Å². The maximum absolute atomic E-state index is 10.6. The molecule has 1 aromatic carbocycles. The van der Waals surface area contributed by atoms with E-state index in [0.29, 0.717) is 11.3 Å². The number of anilines is 1. The lowest BCUT2D eigenvalue weighted by atomic mass is 10.1. The fraction of sp³-hybridized carbons (Fsp3) is 0. The normalized spacial score (nSPS) is 10.1. The molecular formula is C10H8N2O3. The Kier molecular flexibility index (Phi) is 2.13. The molecule has 0 aliphatic carbocycles. The van der Waals surface area contributed by atoms with Gasteiger partial charge in [-0.1, -0.05) is 0 Å². The molecule has 2 aromatic rings. The Balaban J connectivity index is 2.54. The molecule has 0 atom stereocenters. The van der Waals surface area contributed by atoms with Crippen LogP contribution in [-0.2, 0) is 0 Å². The summed E-state index contributed by atoms with van der Waals surface area (Å²) in [5, 5.41) is 10.6. The van der Waals surface area contributed by atoms with Crippen molar-refractivity contribution in [2.75, 3.05) is 5.73 Å². The molecule has 1 aromatic heterocycles. The molecule has 76 valence electrons. The van der Waals surface area contributed by atoms with E-state index in [1.54, 1.807) is 12.1 Å². The molecule has 0 saturated carbocycles. The average molecular weight is 204 g/mol. The highest BCUT2D eigenvalue weighted by Crippen LogP contribution is 2.27. The second-order valence-electron chi connectivity index (χ2n) is 3.08. The Morgan fingerprint density at radius 3 is 2.67 bits per heavy atom. The molecule has 2 rings (SSSR count). The summed E-state index contributed by atoms with van der Waals surface area (Å²) in [6.45, 7) is 0. The summed E-state index contributed by atoms with van der Waals surface area (Å²) in [5.41, 5.74) is 7.35. The smallest absolute Gasteiger partial charge is 0.272 e.